The maximum absolute atomic E-state index is 12.7. The van der Waals surface area contributed by atoms with Crippen molar-refractivity contribution in [1.29, 1.82) is 0 Å². The zero-order valence-corrected chi connectivity index (χ0v) is 12.0. The Hall–Kier alpha value is -2.47. The van der Waals surface area contributed by atoms with Crippen molar-refractivity contribution in [2.45, 2.75) is 11.8 Å². The van der Waals surface area contributed by atoms with Crippen molar-refractivity contribution in [2.24, 2.45) is 0 Å². The van der Waals surface area contributed by atoms with Gasteiger partial charge in [-0.25, -0.2) is 12.4 Å². The highest BCUT2D eigenvalue weighted by Crippen LogP contribution is 2.23. The Morgan fingerprint density at radius 2 is 1.81 bits per heavy atom. The summed E-state index contributed by atoms with van der Waals surface area (Å²) in [5.41, 5.74) is 1.65. The van der Waals surface area contributed by atoms with E-state index >= 15 is 0 Å². The third-order valence-corrected chi connectivity index (χ3v) is 5.01. The first-order valence-electron chi connectivity index (χ1n) is 6.27. The Labute approximate surface area is 121 Å². The molecule has 1 aromatic carbocycles. The Balaban J connectivity index is 2.24. The smallest absolute Gasteiger partial charge is 0.268 e. The zero-order chi connectivity index (χ0) is 15.0. The summed E-state index contributed by atoms with van der Waals surface area (Å²) >= 11 is 0. The maximum Gasteiger partial charge on any atom is 0.268 e. The van der Waals surface area contributed by atoms with E-state index in [0.29, 0.717) is 17.2 Å². The second kappa shape index (κ2) is 4.82. The largest absolute Gasteiger partial charge is 0.296 e. The first kappa shape index (κ1) is 13.5. The molecule has 5 nitrogen and oxygen atoms in total. The van der Waals surface area contributed by atoms with Gasteiger partial charge in [-0.2, -0.15) is 0 Å². The van der Waals surface area contributed by atoms with Gasteiger partial charge in [0.1, 0.15) is 5.69 Å². The molecular formula is C15H12N2O3S. The fourth-order valence-electron chi connectivity index (χ4n) is 2.19. The molecule has 3 aromatic rings. The van der Waals surface area contributed by atoms with Gasteiger partial charge >= 0.3 is 0 Å². The number of aryl methyl sites for hydroxylation is 1. The summed E-state index contributed by atoms with van der Waals surface area (Å²) in [6.07, 6.45) is 3.48. The Kier molecular flexibility index (Phi) is 3.10. The molecule has 2 heterocycles. The minimum Gasteiger partial charge on any atom is -0.296 e. The predicted molar refractivity (Wildman–Crippen MR) is 78.9 cm³/mol. The molecule has 0 aliphatic rings. The number of aromatic nitrogens is 2. The molecule has 0 fully saturated rings. The van der Waals surface area contributed by atoms with E-state index < -0.39 is 10.0 Å². The quantitative estimate of drug-likeness (QED) is 0.696. The summed E-state index contributed by atoms with van der Waals surface area (Å²) < 4.78 is 26.5. The average Bonchev–Trinajstić information content (AvgIpc) is 2.92. The van der Waals surface area contributed by atoms with Gasteiger partial charge in [-0.15, -0.1) is 0 Å². The third-order valence-electron chi connectivity index (χ3n) is 3.30. The lowest BCUT2D eigenvalue weighted by Crippen LogP contribution is -2.11. The molecule has 0 amide bonds. The number of fused-ring (bicyclic) bond motifs is 1. The fourth-order valence-corrected chi connectivity index (χ4v) is 3.54. The van der Waals surface area contributed by atoms with Gasteiger partial charge in [0.15, 0.2) is 6.29 Å². The van der Waals surface area contributed by atoms with Crippen LogP contribution in [0, 0.1) is 6.92 Å². The van der Waals surface area contributed by atoms with Crippen LogP contribution in [0.5, 0.6) is 0 Å². The zero-order valence-electron chi connectivity index (χ0n) is 11.2. The van der Waals surface area contributed by atoms with Crippen molar-refractivity contribution in [2.75, 3.05) is 0 Å². The Morgan fingerprint density at radius 1 is 1.10 bits per heavy atom. The van der Waals surface area contributed by atoms with Crippen LogP contribution in [-0.2, 0) is 10.0 Å². The van der Waals surface area contributed by atoms with Crippen LogP contribution in [0.4, 0.5) is 0 Å². The van der Waals surface area contributed by atoms with Gasteiger partial charge in [0, 0.05) is 17.8 Å². The maximum atomic E-state index is 12.7. The molecule has 6 heteroatoms. The Bertz CT molecular complexity index is 925. The summed E-state index contributed by atoms with van der Waals surface area (Å²) in [5, 5.41) is 0.517. The van der Waals surface area contributed by atoms with Gasteiger partial charge < -0.3 is 0 Å². The van der Waals surface area contributed by atoms with Crippen molar-refractivity contribution in [3.63, 3.8) is 0 Å². The van der Waals surface area contributed by atoms with Gasteiger partial charge in [-0.05, 0) is 31.2 Å². The van der Waals surface area contributed by atoms with Crippen LogP contribution < -0.4 is 0 Å². The lowest BCUT2D eigenvalue weighted by Gasteiger charge is -2.08. The van der Waals surface area contributed by atoms with E-state index in [0.717, 1.165) is 5.56 Å². The monoisotopic (exact) mass is 300 g/mol. The highest BCUT2D eigenvalue weighted by atomic mass is 32.2. The van der Waals surface area contributed by atoms with Crippen molar-refractivity contribution in [3.05, 3.63) is 60.0 Å². The van der Waals surface area contributed by atoms with Crippen molar-refractivity contribution >= 4 is 27.2 Å². The molecule has 0 radical (unpaired) electrons. The van der Waals surface area contributed by atoms with Gasteiger partial charge in [-0.3, -0.25) is 9.78 Å². The van der Waals surface area contributed by atoms with E-state index in [4.69, 9.17) is 0 Å². The summed E-state index contributed by atoms with van der Waals surface area (Å²) in [6.45, 7) is 1.89. The lowest BCUT2D eigenvalue weighted by atomic mass is 10.2. The molecular weight excluding hydrogens is 288 g/mol. The van der Waals surface area contributed by atoms with Crippen molar-refractivity contribution in [3.8, 4) is 0 Å². The summed E-state index contributed by atoms with van der Waals surface area (Å²) in [7, 11) is -3.69. The average molecular weight is 300 g/mol. The molecule has 21 heavy (non-hydrogen) atoms. The molecule has 3 rings (SSSR count). The van der Waals surface area contributed by atoms with E-state index in [1.54, 1.807) is 36.4 Å². The standard InChI is InChI=1S/C15H12N2O3S/c1-11-2-4-12(5-3-11)21(19,20)17-9-7-13-14(10-18)16-8-6-15(13)17/h2-10H,1H3. The van der Waals surface area contributed by atoms with E-state index in [1.165, 1.54) is 16.4 Å². The SMILES string of the molecule is Cc1ccc(S(=O)(=O)n2ccc3c(C=O)nccc32)cc1. The number of rotatable bonds is 3. The van der Waals surface area contributed by atoms with Crippen LogP contribution in [0.15, 0.2) is 53.7 Å². The second-order valence-corrected chi connectivity index (χ2v) is 6.49. The minimum atomic E-state index is -3.69. The number of nitrogens with zero attached hydrogens (tertiary/aromatic N) is 2. The molecule has 0 aliphatic heterocycles. The number of benzene rings is 1. The normalized spacial score (nSPS) is 11.7. The summed E-state index contributed by atoms with van der Waals surface area (Å²) in [6, 6.07) is 9.79. The molecule has 106 valence electrons. The highest BCUT2D eigenvalue weighted by molar-refractivity contribution is 7.90. The Morgan fingerprint density at radius 3 is 2.48 bits per heavy atom. The predicted octanol–water partition coefficient (Wildman–Crippen LogP) is 2.39. The number of hydrogen-bond acceptors (Lipinski definition) is 4. The molecule has 0 bridgehead atoms. The highest BCUT2D eigenvalue weighted by Gasteiger charge is 2.19. The van der Waals surface area contributed by atoms with Gasteiger partial charge in [0.25, 0.3) is 10.0 Å². The summed E-state index contributed by atoms with van der Waals surface area (Å²) in [4.78, 5) is 15.1. The van der Waals surface area contributed by atoms with Gasteiger partial charge in [0.05, 0.1) is 10.4 Å². The van der Waals surface area contributed by atoms with Crippen LogP contribution in [0.25, 0.3) is 10.9 Å². The first-order chi connectivity index (χ1) is 10.0. The molecule has 0 spiro atoms. The second-order valence-electron chi connectivity index (χ2n) is 4.68. The van der Waals surface area contributed by atoms with Crippen molar-refractivity contribution in [1.82, 2.24) is 8.96 Å². The number of aldehydes is 1. The van der Waals surface area contributed by atoms with E-state index in [9.17, 15) is 13.2 Å². The number of carbonyl (C=O) groups is 1. The lowest BCUT2D eigenvalue weighted by molar-refractivity contribution is 0.112. The molecule has 0 unspecified atom stereocenters. The van der Waals surface area contributed by atoms with Crippen LogP contribution in [-0.4, -0.2) is 23.7 Å². The van der Waals surface area contributed by atoms with Crippen LogP contribution in [0.3, 0.4) is 0 Å². The number of carbonyl (C=O) groups excluding carboxylic acids is 1. The topological polar surface area (TPSA) is 69.0 Å². The molecule has 0 aliphatic carbocycles. The van der Waals surface area contributed by atoms with Crippen molar-refractivity contribution < 1.29 is 13.2 Å². The molecule has 0 saturated heterocycles. The van der Waals surface area contributed by atoms with E-state index in [1.807, 2.05) is 6.92 Å². The first-order valence-corrected chi connectivity index (χ1v) is 7.71. The van der Waals surface area contributed by atoms with Gasteiger partial charge in [0.2, 0.25) is 0 Å². The minimum absolute atomic E-state index is 0.204. The van der Waals surface area contributed by atoms with Crippen LogP contribution >= 0.6 is 0 Å². The molecule has 2 aromatic heterocycles. The van der Waals surface area contributed by atoms with E-state index in [2.05, 4.69) is 4.98 Å². The molecule has 0 atom stereocenters. The summed E-state index contributed by atoms with van der Waals surface area (Å²) in [5.74, 6) is 0. The molecule has 0 N–H and O–H groups in total. The van der Waals surface area contributed by atoms with E-state index in [-0.39, 0.29) is 10.6 Å². The fraction of sp³-hybridized carbons (Fsp3) is 0.0667. The van der Waals surface area contributed by atoms with Crippen LogP contribution in [0.1, 0.15) is 16.1 Å². The molecule has 0 saturated carbocycles. The number of pyridine rings is 1. The van der Waals surface area contributed by atoms with Crippen LogP contribution in [0.2, 0.25) is 0 Å². The van der Waals surface area contributed by atoms with Gasteiger partial charge in [-0.1, -0.05) is 17.7 Å². The number of hydrogen-bond donors (Lipinski definition) is 0. The third kappa shape index (κ3) is 2.13.